The Morgan fingerprint density at radius 1 is 0.944 bits per heavy atom. The number of nitrogens with one attached hydrogen (secondary N) is 1. The lowest BCUT2D eigenvalue weighted by atomic mass is 10.2. The summed E-state index contributed by atoms with van der Waals surface area (Å²) in [5.41, 5.74) is 1.93. The molecule has 0 spiro atoms. The van der Waals surface area contributed by atoms with Crippen LogP contribution in [-0.2, 0) is 0 Å². The molecule has 0 bridgehead atoms. The quantitative estimate of drug-likeness (QED) is 0.896. The maximum Gasteiger partial charge on any atom is 0.148 e. The van der Waals surface area contributed by atoms with Gasteiger partial charge in [-0.25, -0.2) is 0 Å². The van der Waals surface area contributed by atoms with Crippen LogP contribution in [0, 0.1) is 0 Å². The summed E-state index contributed by atoms with van der Waals surface area (Å²) < 4.78 is 0. The van der Waals surface area contributed by atoms with Crippen LogP contribution in [-0.4, -0.2) is 21.2 Å². The number of pyridine rings is 1. The average molecular weight is 240 g/mol. The SMILES string of the molecule is c1cc(-c2ccc(NC3CCCC3)nn2)ccn1. The van der Waals surface area contributed by atoms with E-state index in [2.05, 4.69) is 20.5 Å². The van der Waals surface area contributed by atoms with E-state index in [1.165, 1.54) is 25.7 Å². The van der Waals surface area contributed by atoms with Crippen molar-refractivity contribution in [2.75, 3.05) is 5.32 Å². The second-order valence-corrected chi connectivity index (χ2v) is 4.67. The summed E-state index contributed by atoms with van der Waals surface area (Å²) in [7, 11) is 0. The minimum absolute atomic E-state index is 0.575. The second-order valence-electron chi connectivity index (χ2n) is 4.67. The van der Waals surface area contributed by atoms with Crippen LogP contribution in [0.1, 0.15) is 25.7 Å². The van der Waals surface area contributed by atoms with Crippen molar-refractivity contribution in [3.05, 3.63) is 36.7 Å². The van der Waals surface area contributed by atoms with Crippen molar-refractivity contribution in [3.8, 4) is 11.3 Å². The molecule has 1 saturated carbocycles. The van der Waals surface area contributed by atoms with E-state index >= 15 is 0 Å². The van der Waals surface area contributed by atoms with Crippen LogP contribution in [0.2, 0.25) is 0 Å². The molecule has 1 aliphatic rings. The third kappa shape index (κ3) is 2.47. The Bertz CT molecular complexity index is 489. The highest BCUT2D eigenvalue weighted by molar-refractivity contribution is 5.58. The average Bonchev–Trinajstić information content (AvgIpc) is 2.94. The lowest BCUT2D eigenvalue weighted by Crippen LogP contribution is -2.15. The molecule has 0 atom stereocenters. The van der Waals surface area contributed by atoms with Crippen molar-refractivity contribution >= 4 is 5.82 Å². The fourth-order valence-corrected chi connectivity index (χ4v) is 2.37. The third-order valence-corrected chi connectivity index (χ3v) is 3.35. The number of rotatable bonds is 3. The number of anilines is 1. The van der Waals surface area contributed by atoms with Crippen LogP contribution in [0.3, 0.4) is 0 Å². The zero-order valence-corrected chi connectivity index (χ0v) is 10.2. The Morgan fingerprint density at radius 2 is 1.72 bits per heavy atom. The molecule has 0 aliphatic heterocycles. The molecule has 1 N–H and O–H groups in total. The van der Waals surface area contributed by atoms with Crippen LogP contribution < -0.4 is 5.32 Å². The van der Waals surface area contributed by atoms with Crippen LogP contribution in [0.15, 0.2) is 36.7 Å². The van der Waals surface area contributed by atoms with Gasteiger partial charge in [-0.3, -0.25) is 4.98 Å². The molecule has 4 heteroatoms. The molecule has 2 aromatic heterocycles. The maximum absolute atomic E-state index is 4.25. The fourth-order valence-electron chi connectivity index (χ4n) is 2.37. The molecule has 0 unspecified atom stereocenters. The lowest BCUT2D eigenvalue weighted by molar-refractivity contribution is 0.746. The molecule has 92 valence electrons. The third-order valence-electron chi connectivity index (χ3n) is 3.35. The number of nitrogens with zero attached hydrogens (tertiary/aromatic N) is 3. The molecular formula is C14H16N4. The normalized spacial score (nSPS) is 15.8. The van der Waals surface area contributed by atoms with Gasteiger partial charge >= 0.3 is 0 Å². The summed E-state index contributed by atoms with van der Waals surface area (Å²) in [5.74, 6) is 0.875. The summed E-state index contributed by atoms with van der Waals surface area (Å²) in [6.07, 6.45) is 8.66. The van der Waals surface area contributed by atoms with E-state index in [0.717, 1.165) is 17.1 Å². The van der Waals surface area contributed by atoms with Crippen molar-refractivity contribution in [3.63, 3.8) is 0 Å². The first-order chi connectivity index (χ1) is 8.92. The highest BCUT2D eigenvalue weighted by atomic mass is 15.2. The Hall–Kier alpha value is -1.97. The lowest BCUT2D eigenvalue weighted by Gasteiger charge is -2.11. The van der Waals surface area contributed by atoms with Gasteiger partial charge in [0.1, 0.15) is 5.82 Å². The summed E-state index contributed by atoms with van der Waals surface area (Å²) in [6.45, 7) is 0. The van der Waals surface area contributed by atoms with Crippen LogP contribution in [0.5, 0.6) is 0 Å². The van der Waals surface area contributed by atoms with Crippen molar-refractivity contribution in [2.45, 2.75) is 31.7 Å². The van der Waals surface area contributed by atoms with Gasteiger partial charge in [0.15, 0.2) is 0 Å². The van der Waals surface area contributed by atoms with E-state index in [1.807, 2.05) is 24.3 Å². The molecule has 0 saturated heterocycles. The van der Waals surface area contributed by atoms with E-state index < -0.39 is 0 Å². The van der Waals surface area contributed by atoms with E-state index in [1.54, 1.807) is 12.4 Å². The molecule has 2 aromatic rings. The highest BCUT2D eigenvalue weighted by Gasteiger charge is 2.14. The predicted molar refractivity (Wildman–Crippen MR) is 71.1 cm³/mol. The van der Waals surface area contributed by atoms with Gasteiger partial charge in [-0.15, -0.1) is 10.2 Å². The molecule has 1 aliphatic carbocycles. The van der Waals surface area contributed by atoms with Gasteiger partial charge in [0.05, 0.1) is 5.69 Å². The van der Waals surface area contributed by atoms with E-state index in [4.69, 9.17) is 0 Å². The van der Waals surface area contributed by atoms with Gasteiger partial charge < -0.3 is 5.32 Å². The van der Waals surface area contributed by atoms with Crippen molar-refractivity contribution in [1.82, 2.24) is 15.2 Å². The van der Waals surface area contributed by atoms with Crippen molar-refractivity contribution in [1.29, 1.82) is 0 Å². The monoisotopic (exact) mass is 240 g/mol. The molecule has 0 amide bonds. The molecule has 18 heavy (non-hydrogen) atoms. The predicted octanol–water partition coefficient (Wildman–Crippen LogP) is 2.89. The van der Waals surface area contributed by atoms with E-state index in [-0.39, 0.29) is 0 Å². The number of hydrogen-bond acceptors (Lipinski definition) is 4. The van der Waals surface area contributed by atoms with Gasteiger partial charge in [-0.1, -0.05) is 12.8 Å². The molecular weight excluding hydrogens is 224 g/mol. The number of hydrogen-bond donors (Lipinski definition) is 1. The molecule has 2 heterocycles. The van der Waals surface area contributed by atoms with Crippen LogP contribution in [0.25, 0.3) is 11.3 Å². The molecule has 1 fully saturated rings. The summed E-state index contributed by atoms with van der Waals surface area (Å²) in [6, 6.07) is 8.45. The Balaban J connectivity index is 1.72. The largest absolute Gasteiger partial charge is 0.366 e. The Kier molecular flexibility index (Phi) is 3.17. The van der Waals surface area contributed by atoms with E-state index in [9.17, 15) is 0 Å². The van der Waals surface area contributed by atoms with Gasteiger partial charge in [-0.05, 0) is 37.1 Å². The zero-order chi connectivity index (χ0) is 12.2. The molecule has 0 aromatic carbocycles. The molecule has 0 radical (unpaired) electrons. The van der Waals surface area contributed by atoms with E-state index in [0.29, 0.717) is 6.04 Å². The van der Waals surface area contributed by atoms with Crippen molar-refractivity contribution < 1.29 is 0 Å². The first-order valence-corrected chi connectivity index (χ1v) is 6.42. The number of aromatic nitrogens is 3. The highest BCUT2D eigenvalue weighted by Crippen LogP contribution is 2.22. The minimum atomic E-state index is 0.575. The second kappa shape index (κ2) is 5.12. The zero-order valence-electron chi connectivity index (χ0n) is 10.2. The maximum atomic E-state index is 4.25. The summed E-state index contributed by atoms with van der Waals surface area (Å²) in [4.78, 5) is 4.00. The van der Waals surface area contributed by atoms with Crippen LogP contribution >= 0.6 is 0 Å². The summed E-state index contributed by atoms with van der Waals surface area (Å²) >= 11 is 0. The standard InChI is InChI=1S/C14H16N4/c1-2-4-12(3-1)16-14-6-5-13(17-18-14)11-7-9-15-10-8-11/h5-10,12H,1-4H2,(H,16,18). The topological polar surface area (TPSA) is 50.7 Å². The van der Waals surface area contributed by atoms with Crippen LogP contribution in [0.4, 0.5) is 5.82 Å². The fraction of sp³-hybridized carbons (Fsp3) is 0.357. The Labute approximate surface area is 106 Å². The minimum Gasteiger partial charge on any atom is -0.366 e. The van der Waals surface area contributed by atoms with Gasteiger partial charge in [0.25, 0.3) is 0 Å². The van der Waals surface area contributed by atoms with Crippen molar-refractivity contribution in [2.24, 2.45) is 0 Å². The van der Waals surface area contributed by atoms with Gasteiger partial charge in [0.2, 0.25) is 0 Å². The van der Waals surface area contributed by atoms with Gasteiger partial charge in [-0.2, -0.15) is 0 Å². The molecule has 3 rings (SSSR count). The van der Waals surface area contributed by atoms with Gasteiger partial charge in [0, 0.05) is 24.0 Å². The smallest absolute Gasteiger partial charge is 0.148 e. The first kappa shape index (κ1) is 11.1. The molecule has 4 nitrogen and oxygen atoms in total. The first-order valence-electron chi connectivity index (χ1n) is 6.42. The Morgan fingerprint density at radius 3 is 2.39 bits per heavy atom. The summed E-state index contributed by atoms with van der Waals surface area (Å²) in [5, 5.41) is 11.9.